The summed E-state index contributed by atoms with van der Waals surface area (Å²) < 4.78 is 1.86. The van der Waals surface area contributed by atoms with Crippen LogP contribution in [0.25, 0.3) is 0 Å². The van der Waals surface area contributed by atoms with E-state index in [4.69, 9.17) is 0 Å². The Morgan fingerprint density at radius 3 is 2.83 bits per heavy atom. The van der Waals surface area contributed by atoms with Crippen molar-refractivity contribution in [2.24, 2.45) is 0 Å². The quantitative estimate of drug-likeness (QED) is 0.891. The molecule has 5 nitrogen and oxygen atoms in total. The van der Waals surface area contributed by atoms with Crippen LogP contribution in [0.3, 0.4) is 0 Å². The number of fused-ring (bicyclic) bond motifs is 1. The number of amides is 1. The first-order chi connectivity index (χ1) is 11.1. The Bertz CT molecular complexity index is 691. The van der Waals surface area contributed by atoms with Crippen molar-refractivity contribution in [3.05, 3.63) is 53.3 Å². The lowest BCUT2D eigenvalue weighted by atomic mass is 10.1. The van der Waals surface area contributed by atoms with Crippen LogP contribution in [0, 0.1) is 0 Å². The van der Waals surface area contributed by atoms with Crippen LogP contribution in [0.5, 0.6) is 0 Å². The summed E-state index contributed by atoms with van der Waals surface area (Å²) in [6, 6.07) is 9.52. The monoisotopic (exact) mass is 313 g/mol. The van der Waals surface area contributed by atoms with Gasteiger partial charge in [-0.2, -0.15) is 5.10 Å². The number of aromatic nitrogens is 2. The number of rotatable bonds is 5. The van der Waals surface area contributed by atoms with Gasteiger partial charge in [-0.15, -0.1) is 0 Å². The minimum atomic E-state index is -0.586. The van der Waals surface area contributed by atoms with Crippen molar-refractivity contribution in [2.75, 3.05) is 0 Å². The zero-order valence-electron chi connectivity index (χ0n) is 13.6. The van der Waals surface area contributed by atoms with E-state index < -0.39 is 6.10 Å². The number of benzene rings is 1. The zero-order valence-corrected chi connectivity index (χ0v) is 13.6. The second-order valence-corrected chi connectivity index (χ2v) is 6.07. The molecule has 2 aromatic rings. The van der Waals surface area contributed by atoms with Crippen molar-refractivity contribution in [3.8, 4) is 0 Å². The first-order valence-electron chi connectivity index (χ1n) is 8.25. The number of nitrogens with one attached hydrogen (secondary N) is 1. The Morgan fingerprint density at radius 1 is 1.35 bits per heavy atom. The van der Waals surface area contributed by atoms with E-state index in [1.807, 2.05) is 35.1 Å². The fourth-order valence-corrected chi connectivity index (χ4v) is 3.29. The molecule has 0 fully saturated rings. The van der Waals surface area contributed by atoms with Crippen molar-refractivity contribution in [2.45, 2.75) is 51.3 Å². The van der Waals surface area contributed by atoms with E-state index in [0.717, 1.165) is 24.0 Å². The van der Waals surface area contributed by atoms with Gasteiger partial charge in [0.1, 0.15) is 5.69 Å². The summed E-state index contributed by atoms with van der Waals surface area (Å²) in [5.41, 5.74) is 2.48. The van der Waals surface area contributed by atoms with Gasteiger partial charge in [0.05, 0.1) is 18.2 Å². The van der Waals surface area contributed by atoms with E-state index in [9.17, 15) is 9.90 Å². The van der Waals surface area contributed by atoms with Crippen molar-refractivity contribution in [3.63, 3.8) is 0 Å². The lowest BCUT2D eigenvalue weighted by Crippen LogP contribution is -2.34. The van der Waals surface area contributed by atoms with E-state index in [0.29, 0.717) is 18.2 Å². The van der Waals surface area contributed by atoms with Crippen LogP contribution < -0.4 is 5.32 Å². The molecule has 0 radical (unpaired) electrons. The van der Waals surface area contributed by atoms with Gasteiger partial charge < -0.3 is 10.4 Å². The van der Waals surface area contributed by atoms with E-state index in [-0.39, 0.29) is 11.9 Å². The Hall–Kier alpha value is -2.14. The van der Waals surface area contributed by atoms with Gasteiger partial charge in [-0.3, -0.25) is 9.48 Å². The standard InChI is InChI=1S/C18H23N3O2/c1-3-13(4-2)21-10-9-15(20-21)18(23)19-17-14-8-6-5-7-12(14)11-16(17)22/h5-10,13,16-17,22H,3-4,11H2,1-2H3,(H,19,23)/t16-,17+/m1/s1. The predicted octanol–water partition coefficient (Wildman–Crippen LogP) is 2.63. The highest BCUT2D eigenvalue weighted by Gasteiger charge is 2.32. The van der Waals surface area contributed by atoms with Gasteiger partial charge in [0, 0.05) is 12.6 Å². The fraction of sp³-hybridized carbons (Fsp3) is 0.444. The van der Waals surface area contributed by atoms with Gasteiger partial charge >= 0.3 is 0 Å². The van der Waals surface area contributed by atoms with E-state index >= 15 is 0 Å². The molecule has 2 N–H and O–H groups in total. The van der Waals surface area contributed by atoms with Crippen molar-refractivity contribution >= 4 is 5.91 Å². The number of aliphatic hydroxyl groups excluding tert-OH is 1. The number of carbonyl (C=O) groups excluding carboxylic acids is 1. The summed E-state index contributed by atoms with van der Waals surface area (Å²) in [5, 5.41) is 17.6. The van der Waals surface area contributed by atoms with Gasteiger partial charge in [0.15, 0.2) is 0 Å². The number of hydrogen-bond donors (Lipinski definition) is 2. The Kier molecular flexibility index (Phi) is 4.48. The SMILES string of the molecule is CCC(CC)n1ccc(C(=O)N[C@H]2c3ccccc3C[C@H]2O)n1. The normalized spacial score (nSPS) is 19.8. The van der Waals surface area contributed by atoms with Gasteiger partial charge in [-0.25, -0.2) is 0 Å². The first-order valence-corrected chi connectivity index (χ1v) is 8.25. The molecular formula is C18H23N3O2. The number of aliphatic hydroxyl groups is 1. The molecule has 0 aliphatic heterocycles. The van der Waals surface area contributed by atoms with Crippen LogP contribution in [0.1, 0.15) is 60.4 Å². The third-order valence-corrected chi connectivity index (χ3v) is 4.65. The molecule has 1 amide bonds. The Balaban J connectivity index is 1.75. The minimum absolute atomic E-state index is 0.240. The summed E-state index contributed by atoms with van der Waals surface area (Å²) in [4.78, 5) is 12.5. The van der Waals surface area contributed by atoms with Crippen LogP contribution in [-0.4, -0.2) is 26.9 Å². The van der Waals surface area contributed by atoms with Crippen LogP contribution >= 0.6 is 0 Å². The first kappa shape index (κ1) is 15.7. The molecular weight excluding hydrogens is 290 g/mol. The molecule has 0 bridgehead atoms. The molecule has 1 aromatic heterocycles. The van der Waals surface area contributed by atoms with Crippen molar-refractivity contribution in [1.82, 2.24) is 15.1 Å². The van der Waals surface area contributed by atoms with Crippen molar-refractivity contribution in [1.29, 1.82) is 0 Å². The van der Waals surface area contributed by atoms with Crippen LogP contribution in [0.2, 0.25) is 0 Å². The summed E-state index contributed by atoms with van der Waals surface area (Å²) in [6.07, 6.45) is 3.80. The molecule has 0 saturated carbocycles. The smallest absolute Gasteiger partial charge is 0.272 e. The summed E-state index contributed by atoms with van der Waals surface area (Å²) in [6.45, 7) is 4.23. The molecule has 122 valence electrons. The average molecular weight is 313 g/mol. The largest absolute Gasteiger partial charge is 0.390 e. The minimum Gasteiger partial charge on any atom is -0.390 e. The van der Waals surface area contributed by atoms with Crippen molar-refractivity contribution < 1.29 is 9.90 Å². The lowest BCUT2D eigenvalue weighted by Gasteiger charge is -2.17. The summed E-state index contributed by atoms with van der Waals surface area (Å²) in [5.74, 6) is -0.240. The molecule has 1 heterocycles. The molecule has 2 atom stereocenters. The molecule has 3 rings (SSSR count). The summed E-state index contributed by atoms with van der Waals surface area (Å²) >= 11 is 0. The van der Waals surface area contributed by atoms with Crippen LogP contribution in [0.15, 0.2) is 36.5 Å². The maximum Gasteiger partial charge on any atom is 0.272 e. The predicted molar refractivity (Wildman–Crippen MR) is 88.2 cm³/mol. The number of hydrogen-bond acceptors (Lipinski definition) is 3. The van der Waals surface area contributed by atoms with E-state index in [1.54, 1.807) is 6.07 Å². The second-order valence-electron chi connectivity index (χ2n) is 6.07. The summed E-state index contributed by atoms with van der Waals surface area (Å²) in [7, 11) is 0. The zero-order chi connectivity index (χ0) is 16.4. The number of nitrogens with zero attached hydrogens (tertiary/aromatic N) is 2. The molecule has 1 aliphatic rings. The molecule has 0 unspecified atom stereocenters. The molecule has 0 saturated heterocycles. The third kappa shape index (κ3) is 3.01. The highest BCUT2D eigenvalue weighted by molar-refractivity contribution is 5.92. The topological polar surface area (TPSA) is 67.2 Å². The fourth-order valence-electron chi connectivity index (χ4n) is 3.29. The lowest BCUT2D eigenvalue weighted by molar-refractivity contribution is 0.0852. The van der Waals surface area contributed by atoms with Crippen LogP contribution in [-0.2, 0) is 6.42 Å². The van der Waals surface area contributed by atoms with Gasteiger partial charge in [0.25, 0.3) is 5.91 Å². The maximum absolute atomic E-state index is 12.5. The third-order valence-electron chi connectivity index (χ3n) is 4.65. The molecule has 0 spiro atoms. The molecule has 5 heteroatoms. The van der Waals surface area contributed by atoms with Gasteiger partial charge in [-0.05, 0) is 30.0 Å². The molecule has 1 aliphatic carbocycles. The van der Waals surface area contributed by atoms with Gasteiger partial charge in [0.2, 0.25) is 0 Å². The molecule has 1 aromatic carbocycles. The Labute approximate surface area is 136 Å². The molecule has 23 heavy (non-hydrogen) atoms. The van der Waals surface area contributed by atoms with Crippen LogP contribution in [0.4, 0.5) is 0 Å². The Morgan fingerprint density at radius 2 is 2.09 bits per heavy atom. The highest BCUT2D eigenvalue weighted by Crippen LogP contribution is 2.31. The van der Waals surface area contributed by atoms with E-state index in [1.165, 1.54) is 0 Å². The second kappa shape index (κ2) is 6.54. The maximum atomic E-state index is 12.5. The highest BCUT2D eigenvalue weighted by atomic mass is 16.3. The number of carbonyl (C=O) groups is 1. The average Bonchev–Trinajstić information content (AvgIpc) is 3.15. The van der Waals surface area contributed by atoms with E-state index in [2.05, 4.69) is 24.3 Å². The van der Waals surface area contributed by atoms with Gasteiger partial charge in [-0.1, -0.05) is 38.1 Å².